The van der Waals surface area contributed by atoms with Gasteiger partial charge in [0, 0.05) is 17.6 Å². The molecule has 19 heavy (non-hydrogen) atoms. The second-order valence-electron chi connectivity index (χ2n) is 5.13. The summed E-state index contributed by atoms with van der Waals surface area (Å²) in [7, 11) is -3.26. The van der Waals surface area contributed by atoms with Gasteiger partial charge in [0.25, 0.3) is 0 Å². The Morgan fingerprint density at radius 1 is 1.32 bits per heavy atom. The number of anilines is 2. The molecule has 0 aliphatic carbocycles. The molecule has 6 heteroatoms. The zero-order valence-electron chi connectivity index (χ0n) is 11.6. The molecule has 0 aromatic heterocycles. The van der Waals surface area contributed by atoms with E-state index in [1.807, 2.05) is 19.9 Å². The number of hydrogen-bond acceptors (Lipinski definition) is 4. The van der Waals surface area contributed by atoms with E-state index in [4.69, 9.17) is 0 Å². The monoisotopic (exact) mass is 286 g/mol. The largest absolute Gasteiger partial charge is 0.396 e. The Bertz CT molecular complexity index is 510. The molecule has 3 N–H and O–H groups in total. The first-order valence-corrected chi connectivity index (χ1v) is 8.10. The molecule has 0 spiro atoms. The van der Waals surface area contributed by atoms with Crippen molar-refractivity contribution in [2.75, 3.05) is 29.4 Å². The second-order valence-corrected chi connectivity index (χ2v) is 6.88. The highest BCUT2D eigenvalue weighted by Gasteiger charge is 2.20. The fourth-order valence-corrected chi connectivity index (χ4v) is 2.07. The molecule has 5 nitrogen and oxygen atoms in total. The molecule has 1 atom stereocenters. The van der Waals surface area contributed by atoms with E-state index in [2.05, 4.69) is 10.0 Å². The van der Waals surface area contributed by atoms with E-state index in [0.717, 1.165) is 18.4 Å². The van der Waals surface area contributed by atoms with Crippen molar-refractivity contribution >= 4 is 21.4 Å². The smallest absolute Gasteiger partial charge is 0.229 e. The molecule has 0 radical (unpaired) electrons. The van der Waals surface area contributed by atoms with Crippen LogP contribution in [0.4, 0.5) is 11.4 Å². The summed E-state index contributed by atoms with van der Waals surface area (Å²) in [6, 6.07) is 7.06. The van der Waals surface area contributed by atoms with Crippen LogP contribution in [0.15, 0.2) is 24.3 Å². The normalized spacial score (nSPS) is 14.7. The fraction of sp³-hybridized carbons (Fsp3) is 0.538. The SMILES string of the molecule is CCC(C)(CO)CNc1cccc(NS(C)(=O)=O)c1. The lowest BCUT2D eigenvalue weighted by Gasteiger charge is -2.26. The van der Waals surface area contributed by atoms with Crippen LogP contribution >= 0.6 is 0 Å². The molecule has 108 valence electrons. The minimum Gasteiger partial charge on any atom is -0.396 e. The standard InChI is InChI=1S/C13H22N2O3S/c1-4-13(2,10-16)9-14-11-6-5-7-12(8-11)15-19(3,17)18/h5-8,14-16H,4,9-10H2,1-3H3. The van der Waals surface area contributed by atoms with Crippen molar-refractivity contribution in [3.63, 3.8) is 0 Å². The summed E-state index contributed by atoms with van der Waals surface area (Å²) in [5.41, 5.74) is 1.16. The number of aliphatic hydroxyl groups excluding tert-OH is 1. The Hall–Kier alpha value is -1.27. The van der Waals surface area contributed by atoms with E-state index in [1.54, 1.807) is 18.2 Å². The predicted octanol–water partition coefficient (Wildman–Crippen LogP) is 1.88. The van der Waals surface area contributed by atoms with Gasteiger partial charge in [0.05, 0.1) is 18.6 Å². The van der Waals surface area contributed by atoms with Gasteiger partial charge in [-0.25, -0.2) is 8.42 Å². The van der Waals surface area contributed by atoms with Gasteiger partial charge in [-0.3, -0.25) is 4.72 Å². The predicted molar refractivity (Wildman–Crippen MR) is 78.9 cm³/mol. The van der Waals surface area contributed by atoms with E-state index in [9.17, 15) is 13.5 Å². The zero-order chi connectivity index (χ0) is 14.5. The van der Waals surface area contributed by atoms with Gasteiger partial charge in [-0.05, 0) is 24.6 Å². The lowest BCUT2D eigenvalue weighted by atomic mass is 9.88. The van der Waals surface area contributed by atoms with Crippen LogP contribution in [0.25, 0.3) is 0 Å². The minimum absolute atomic E-state index is 0.109. The van der Waals surface area contributed by atoms with Gasteiger partial charge in [0.1, 0.15) is 0 Å². The lowest BCUT2D eigenvalue weighted by molar-refractivity contribution is 0.149. The summed E-state index contributed by atoms with van der Waals surface area (Å²) in [5.74, 6) is 0. The molecule has 0 fully saturated rings. The van der Waals surface area contributed by atoms with Crippen molar-refractivity contribution in [2.24, 2.45) is 5.41 Å². The molecule has 0 aliphatic rings. The van der Waals surface area contributed by atoms with Crippen LogP contribution in [0.1, 0.15) is 20.3 Å². The second kappa shape index (κ2) is 6.25. The molecule has 1 unspecified atom stereocenters. The van der Waals surface area contributed by atoms with Crippen LogP contribution in [0.5, 0.6) is 0 Å². The first kappa shape index (κ1) is 15.8. The number of aliphatic hydroxyl groups is 1. The topological polar surface area (TPSA) is 78.4 Å². The van der Waals surface area contributed by atoms with Gasteiger partial charge in [-0.2, -0.15) is 0 Å². The number of rotatable bonds is 7. The Labute approximate surface area is 115 Å². The Morgan fingerprint density at radius 3 is 2.47 bits per heavy atom. The van der Waals surface area contributed by atoms with Gasteiger partial charge < -0.3 is 10.4 Å². The Morgan fingerprint density at radius 2 is 1.95 bits per heavy atom. The van der Waals surface area contributed by atoms with Gasteiger partial charge in [0.2, 0.25) is 10.0 Å². The van der Waals surface area contributed by atoms with E-state index >= 15 is 0 Å². The summed E-state index contributed by atoms with van der Waals surface area (Å²) < 4.78 is 24.7. The average molecular weight is 286 g/mol. The zero-order valence-corrected chi connectivity index (χ0v) is 12.4. The van der Waals surface area contributed by atoms with Gasteiger partial charge in [0.15, 0.2) is 0 Å². The van der Waals surface area contributed by atoms with Crippen molar-refractivity contribution in [1.29, 1.82) is 0 Å². The summed E-state index contributed by atoms with van der Waals surface area (Å²) in [4.78, 5) is 0. The number of sulfonamides is 1. The molecule has 0 saturated carbocycles. The Balaban J connectivity index is 2.73. The minimum atomic E-state index is -3.26. The van der Waals surface area contributed by atoms with Crippen LogP contribution in [0, 0.1) is 5.41 Å². The molecular formula is C13H22N2O3S. The summed E-state index contributed by atoms with van der Waals surface area (Å²) in [6.45, 7) is 4.76. The quantitative estimate of drug-likeness (QED) is 0.715. The van der Waals surface area contributed by atoms with Crippen molar-refractivity contribution in [2.45, 2.75) is 20.3 Å². The van der Waals surface area contributed by atoms with Crippen molar-refractivity contribution in [1.82, 2.24) is 0 Å². The fourth-order valence-electron chi connectivity index (χ4n) is 1.51. The highest BCUT2D eigenvalue weighted by Crippen LogP contribution is 2.22. The first-order valence-electron chi connectivity index (χ1n) is 6.20. The van der Waals surface area contributed by atoms with Crippen molar-refractivity contribution in [3.05, 3.63) is 24.3 Å². The third kappa shape index (κ3) is 5.48. The maximum Gasteiger partial charge on any atom is 0.229 e. The number of benzene rings is 1. The number of nitrogens with one attached hydrogen (secondary N) is 2. The molecule has 1 aromatic rings. The molecular weight excluding hydrogens is 264 g/mol. The average Bonchev–Trinajstić information content (AvgIpc) is 2.34. The molecule has 1 aromatic carbocycles. The molecule has 0 aliphatic heterocycles. The third-order valence-corrected chi connectivity index (χ3v) is 3.73. The summed E-state index contributed by atoms with van der Waals surface area (Å²) in [6.07, 6.45) is 1.98. The van der Waals surface area contributed by atoms with E-state index in [0.29, 0.717) is 12.2 Å². The van der Waals surface area contributed by atoms with Crippen LogP contribution < -0.4 is 10.0 Å². The highest BCUT2D eigenvalue weighted by molar-refractivity contribution is 7.92. The lowest BCUT2D eigenvalue weighted by Crippen LogP contribution is -2.29. The molecule has 0 heterocycles. The molecule has 0 bridgehead atoms. The van der Waals surface area contributed by atoms with Crippen LogP contribution in [-0.2, 0) is 10.0 Å². The van der Waals surface area contributed by atoms with E-state index in [1.165, 1.54) is 0 Å². The van der Waals surface area contributed by atoms with Crippen LogP contribution in [0.2, 0.25) is 0 Å². The van der Waals surface area contributed by atoms with Gasteiger partial charge in [-0.1, -0.05) is 19.9 Å². The summed E-state index contributed by atoms with van der Waals surface area (Å²) >= 11 is 0. The van der Waals surface area contributed by atoms with Gasteiger partial charge in [-0.15, -0.1) is 0 Å². The molecule has 1 rings (SSSR count). The highest BCUT2D eigenvalue weighted by atomic mass is 32.2. The Kier molecular flexibility index (Phi) is 5.20. The molecule has 0 amide bonds. The molecule has 0 saturated heterocycles. The number of hydrogen-bond donors (Lipinski definition) is 3. The third-order valence-electron chi connectivity index (χ3n) is 3.12. The van der Waals surface area contributed by atoms with Crippen molar-refractivity contribution in [3.8, 4) is 0 Å². The van der Waals surface area contributed by atoms with Crippen LogP contribution in [0.3, 0.4) is 0 Å². The van der Waals surface area contributed by atoms with Crippen molar-refractivity contribution < 1.29 is 13.5 Å². The summed E-state index contributed by atoms with van der Waals surface area (Å²) in [5, 5.41) is 12.6. The van der Waals surface area contributed by atoms with Gasteiger partial charge >= 0.3 is 0 Å². The maximum atomic E-state index is 11.2. The van der Waals surface area contributed by atoms with Crippen LogP contribution in [-0.4, -0.2) is 32.9 Å². The maximum absolute atomic E-state index is 11.2. The van der Waals surface area contributed by atoms with E-state index in [-0.39, 0.29) is 12.0 Å². The first-order chi connectivity index (χ1) is 8.78. The van der Waals surface area contributed by atoms with E-state index < -0.39 is 10.0 Å².